The lowest BCUT2D eigenvalue weighted by Gasteiger charge is -2.18. The van der Waals surface area contributed by atoms with Crippen molar-refractivity contribution in [3.8, 4) is 11.5 Å². The summed E-state index contributed by atoms with van der Waals surface area (Å²) in [4.78, 5) is 0. The summed E-state index contributed by atoms with van der Waals surface area (Å²) in [6, 6.07) is 6.01. The van der Waals surface area contributed by atoms with Gasteiger partial charge in [0.15, 0.2) is 11.5 Å². The van der Waals surface area contributed by atoms with Crippen molar-refractivity contribution in [2.75, 3.05) is 12.5 Å². The third-order valence-electron chi connectivity index (χ3n) is 4.82. The van der Waals surface area contributed by atoms with Crippen LogP contribution in [0, 0.1) is 0 Å². The van der Waals surface area contributed by atoms with E-state index in [-0.39, 0.29) is 5.25 Å². The zero-order chi connectivity index (χ0) is 19.9. The normalized spacial score (nSPS) is 14.4. The van der Waals surface area contributed by atoms with E-state index >= 15 is 0 Å². The lowest BCUT2D eigenvalue weighted by molar-refractivity contribution is 0.174. The van der Waals surface area contributed by atoms with Gasteiger partial charge in [0.05, 0.1) is 0 Å². The van der Waals surface area contributed by atoms with Gasteiger partial charge in [-0.05, 0) is 37.5 Å². The van der Waals surface area contributed by atoms with Crippen LogP contribution in [-0.2, 0) is 17.6 Å². The van der Waals surface area contributed by atoms with Gasteiger partial charge in [-0.15, -0.1) is 0 Å². The molecule has 4 heteroatoms. The number of hydrogen-bond donors (Lipinski definition) is 0. The largest absolute Gasteiger partial charge is 0.616 e. The van der Waals surface area contributed by atoms with Crippen molar-refractivity contribution in [3.63, 3.8) is 0 Å². The minimum atomic E-state index is -0.743. The standard InChI is InChI=1S/C18H28O3S.C5H12/c1-3-4-5-6-7-8-11-22(19)15(2)12-16-9-10-17-18(13-16)21-14-20-17;1-3-5-4-2/h9-10,13,15H,3-8,11-12,14H2,1-2H3;3-5H2,1-2H3. The van der Waals surface area contributed by atoms with Crippen LogP contribution >= 0.6 is 0 Å². The number of hydrogen-bond acceptors (Lipinski definition) is 3. The zero-order valence-corrected chi connectivity index (χ0v) is 18.7. The molecule has 0 amide bonds. The molecule has 0 saturated carbocycles. The highest BCUT2D eigenvalue weighted by atomic mass is 32.2. The van der Waals surface area contributed by atoms with Gasteiger partial charge in [0.2, 0.25) is 6.79 Å². The molecule has 0 bridgehead atoms. The number of fused-ring (bicyclic) bond motifs is 1. The number of benzene rings is 1. The molecule has 156 valence electrons. The molecule has 3 nitrogen and oxygen atoms in total. The molecule has 2 unspecified atom stereocenters. The molecule has 1 aliphatic heterocycles. The van der Waals surface area contributed by atoms with Crippen LogP contribution in [0.3, 0.4) is 0 Å². The fraction of sp³-hybridized carbons (Fsp3) is 0.739. The minimum Gasteiger partial charge on any atom is -0.616 e. The highest BCUT2D eigenvalue weighted by Gasteiger charge is 2.19. The molecule has 0 N–H and O–H groups in total. The van der Waals surface area contributed by atoms with Crippen LogP contribution in [0.5, 0.6) is 11.5 Å². The molecule has 1 heterocycles. The summed E-state index contributed by atoms with van der Waals surface area (Å²) in [7, 11) is 0. The predicted octanol–water partition coefficient (Wildman–Crippen LogP) is 6.65. The second kappa shape index (κ2) is 15.1. The highest BCUT2D eigenvalue weighted by Crippen LogP contribution is 2.33. The van der Waals surface area contributed by atoms with Gasteiger partial charge in [-0.1, -0.05) is 83.0 Å². The third kappa shape index (κ3) is 10.3. The lowest BCUT2D eigenvalue weighted by Crippen LogP contribution is -2.23. The summed E-state index contributed by atoms with van der Waals surface area (Å²) in [5.74, 6) is 2.45. The van der Waals surface area contributed by atoms with E-state index in [4.69, 9.17) is 9.47 Å². The van der Waals surface area contributed by atoms with Gasteiger partial charge >= 0.3 is 0 Å². The number of rotatable bonds is 12. The van der Waals surface area contributed by atoms with Gasteiger partial charge in [-0.2, -0.15) is 0 Å². The van der Waals surface area contributed by atoms with Crippen LogP contribution in [-0.4, -0.2) is 22.3 Å². The Morgan fingerprint density at radius 2 is 1.52 bits per heavy atom. The molecule has 1 aromatic rings. The fourth-order valence-corrected chi connectivity index (χ4v) is 4.34. The molecular formula is C23H40O3S. The molecule has 0 spiro atoms. The Hall–Kier alpha value is -0.870. The maximum Gasteiger partial charge on any atom is 0.231 e. The average molecular weight is 397 g/mol. The molecule has 0 fully saturated rings. The van der Waals surface area contributed by atoms with Gasteiger partial charge in [0.1, 0.15) is 11.0 Å². The molecule has 1 aliphatic rings. The summed E-state index contributed by atoms with van der Waals surface area (Å²) in [5.41, 5.74) is 1.17. The first-order valence-corrected chi connectivity index (χ1v) is 12.3. The topological polar surface area (TPSA) is 41.5 Å². The Bertz CT molecular complexity index is 491. The Kier molecular flexibility index (Phi) is 13.5. The van der Waals surface area contributed by atoms with Crippen molar-refractivity contribution < 1.29 is 14.0 Å². The van der Waals surface area contributed by atoms with Crippen molar-refractivity contribution in [1.82, 2.24) is 0 Å². The molecule has 0 saturated heterocycles. The van der Waals surface area contributed by atoms with Crippen LogP contribution in [0.25, 0.3) is 0 Å². The molecule has 2 atom stereocenters. The Balaban J connectivity index is 0.000000646. The van der Waals surface area contributed by atoms with E-state index < -0.39 is 11.2 Å². The van der Waals surface area contributed by atoms with Gasteiger partial charge in [-0.3, -0.25) is 0 Å². The van der Waals surface area contributed by atoms with Crippen molar-refractivity contribution in [3.05, 3.63) is 23.8 Å². The predicted molar refractivity (Wildman–Crippen MR) is 117 cm³/mol. The molecule has 0 aromatic heterocycles. The quantitative estimate of drug-likeness (QED) is 0.293. The SMILES string of the molecule is CCCCC.CCCCCCCC[S+]([O-])C(C)Cc1ccc2c(c1)OCO2. The summed E-state index contributed by atoms with van der Waals surface area (Å²) in [6.45, 7) is 9.04. The van der Waals surface area contributed by atoms with Crippen LogP contribution in [0.2, 0.25) is 0 Å². The van der Waals surface area contributed by atoms with E-state index in [0.29, 0.717) is 6.79 Å². The van der Waals surface area contributed by atoms with E-state index in [2.05, 4.69) is 27.7 Å². The minimum absolute atomic E-state index is 0.191. The zero-order valence-electron chi connectivity index (χ0n) is 17.9. The summed E-state index contributed by atoms with van der Waals surface area (Å²) < 4.78 is 23.0. The Labute approximate surface area is 170 Å². The molecule has 2 rings (SSSR count). The lowest BCUT2D eigenvalue weighted by atomic mass is 10.1. The Morgan fingerprint density at radius 3 is 2.19 bits per heavy atom. The summed E-state index contributed by atoms with van der Waals surface area (Å²) in [6.07, 6.45) is 12.4. The second-order valence-electron chi connectivity index (χ2n) is 7.41. The van der Waals surface area contributed by atoms with E-state index in [1.54, 1.807) is 0 Å². The maximum absolute atomic E-state index is 12.3. The van der Waals surface area contributed by atoms with Gasteiger partial charge in [-0.25, -0.2) is 0 Å². The molecule has 27 heavy (non-hydrogen) atoms. The summed E-state index contributed by atoms with van der Waals surface area (Å²) in [5, 5.41) is 0.191. The second-order valence-corrected chi connectivity index (χ2v) is 9.38. The van der Waals surface area contributed by atoms with E-state index in [1.165, 1.54) is 56.9 Å². The van der Waals surface area contributed by atoms with Gasteiger partial charge in [0, 0.05) is 6.42 Å². The van der Waals surface area contributed by atoms with Crippen molar-refractivity contribution in [2.24, 2.45) is 0 Å². The molecule has 0 radical (unpaired) electrons. The monoisotopic (exact) mass is 396 g/mol. The van der Waals surface area contributed by atoms with E-state index in [9.17, 15) is 4.55 Å². The first-order chi connectivity index (χ1) is 13.1. The summed E-state index contributed by atoms with van der Waals surface area (Å²) >= 11 is -0.743. The molecular weight excluding hydrogens is 356 g/mol. The smallest absolute Gasteiger partial charge is 0.231 e. The number of unbranched alkanes of at least 4 members (excludes halogenated alkanes) is 7. The van der Waals surface area contributed by atoms with Gasteiger partial charge in [0.25, 0.3) is 0 Å². The fourth-order valence-electron chi connectivity index (χ4n) is 3.07. The van der Waals surface area contributed by atoms with E-state index in [0.717, 1.165) is 30.1 Å². The van der Waals surface area contributed by atoms with Crippen LogP contribution in [0.4, 0.5) is 0 Å². The third-order valence-corrected chi connectivity index (χ3v) is 6.57. The van der Waals surface area contributed by atoms with E-state index in [1.807, 2.05) is 18.2 Å². The molecule has 1 aromatic carbocycles. The van der Waals surface area contributed by atoms with Crippen molar-refractivity contribution >= 4 is 11.2 Å². The first-order valence-electron chi connectivity index (χ1n) is 10.9. The van der Waals surface area contributed by atoms with Crippen molar-refractivity contribution in [1.29, 1.82) is 0 Å². The van der Waals surface area contributed by atoms with Crippen molar-refractivity contribution in [2.45, 2.75) is 97.2 Å². The Morgan fingerprint density at radius 1 is 0.889 bits per heavy atom. The van der Waals surface area contributed by atoms with Gasteiger partial charge < -0.3 is 14.0 Å². The first kappa shape index (κ1) is 24.2. The van der Waals surface area contributed by atoms with Crippen LogP contribution in [0.1, 0.15) is 91.0 Å². The average Bonchev–Trinajstić information content (AvgIpc) is 3.13. The molecule has 0 aliphatic carbocycles. The highest BCUT2D eigenvalue weighted by molar-refractivity contribution is 7.91. The van der Waals surface area contributed by atoms with Crippen LogP contribution in [0.15, 0.2) is 18.2 Å². The van der Waals surface area contributed by atoms with Crippen LogP contribution < -0.4 is 9.47 Å². The number of ether oxygens (including phenoxy) is 2. The maximum atomic E-state index is 12.3.